The van der Waals surface area contributed by atoms with E-state index in [0.717, 1.165) is 37.2 Å². The molecule has 7 heteroatoms. The van der Waals surface area contributed by atoms with E-state index < -0.39 is 54.1 Å². The molecule has 0 bridgehead atoms. The first-order valence-electron chi connectivity index (χ1n) is 23.0. The Labute approximate surface area is 345 Å². The minimum Gasteiger partial charge on any atom is -0.393 e. The van der Waals surface area contributed by atoms with Gasteiger partial charge in [0.2, 0.25) is 0 Å². The Morgan fingerprint density at radius 3 is 2.04 bits per heavy atom. The van der Waals surface area contributed by atoms with Crippen molar-refractivity contribution in [2.75, 3.05) is 0 Å². The summed E-state index contributed by atoms with van der Waals surface area (Å²) in [5.41, 5.74) is -0.673. The van der Waals surface area contributed by atoms with E-state index in [9.17, 15) is 35.4 Å². The van der Waals surface area contributed by atoms with E-state index in [-0.39, 0.29) is 17.9 Å². The predicted octanol–water partition coefficient (Wildman–Crippen LogP) is 10.1. The molecule has 1 aliphatic carbocycles. The second-order valence-corrected chi connectivity index (χ2v) is 19.8. The van der Waals surface area contributed by atoms with E-state index in [1.165, 1.54) is 58.3 Å². The molecule has 7 nitrogen and oxygen atoms in total. The Hall–Kier alpha value is -1.09. The first-order valence-corrected chi connectivity index (χ1v) is 23.0. The highest BCUT2D eigenvalue weighted by Gasteiger charge is 2.46. The van der Waals surface area contributed by atoms with E-state index in [2.05, 4.69) is 48.1 Å². The molecule has 0 saturated heterocycles. The van der Waals surface area contributed by atoms with Crippen LogP contribution in [0.3, 0.4) is 0 Å². The molecule has 1 aliphatic rings. The molecular formula is C49H92O7. The smallest absolute Gasteiger partial charge is 0.169 e. The maximum Gasteiger partial charge on any atom is 0.169 e. The van der Waals surface area contributed by atoms with Crippen molar-refractivity contribution in [3.8, 4) is 0 Å². The van der Waals surface area contributed by atoms with Crippen molar-refractivity contribution in [1.29, 1.82) is 0 Å². The topological polar surface area (TPSA) is 138 Å². The maximum atomic E-state index is 12.9. The van der Waals surface area contributed by atoms with Gasteiger partial charge in [-0.1, -0.05) is 139 Å². The Morgan fingerprint density at radius 1 is 0.857 bits per heavy atom. The molecule has 17 unspecified atom stereocenters. The predicted molar refractivity (Wildman–Crippen MR) is 234 cm³/mol. The van der Waals surface area contributed by atoms with Crippen LogP contribution in [0.5, 0.6) is 0 Å². The van der Waals surface area contributed by atoms with Gasteiger partial charge in [0, 0.05) is 24.2 Å². The van der Waals surface area contributed by atoms with Crippen LogP contribution in [-0.4, -0.2) is 72.5 Å². The largest absolute Gasteiger partial charge is 0.393 e. The lowest BCUT2D eigenvalue weighted by Crippen LogP contribution is -2.51. The van der Waals surface area contributed by atoms with Gasteiger partial charge in [-0.2, -0.15) is 0 Å². The number of aliphatic hydroxyl groups excluding tert-OH is 5. The molecule has 0 radical (unpaired) electrons. The molecule has 0 amide bonds. The third-order valence-corrected chi connectivity index (χ3v) is 15.5. The van der Waals surface area contributed by atoms with Gasteiger partial charge in [-0.15, -0.1) is 0 Å². The average molecular weight is 793 g/mol. The van der Waals surface area contributed by atoms with Gasteiger partial charge < -0.3 is 30.6 Å². The number of carbonyl (C=O) groups is 1. The van der Waals surface area contributed by atoms with E-state index in [1.807, 2.05) is 32.9 Å². The molecule has 0 aromatic rings. The van der Waals surface area contributed by atoms with Gasteiger partial charge in [-0.05, 0) is 106 Å². The Morgan fingerprint density at radius 2 is 1.48 bits per heavy atom. The molecule has 330 valence electrons. The van der Waals surface area contributed by atoms with Crippen LogP contribution in [0, 0.1) is 64.6 Å². The number of hydrogen-bond donors (Lipinski definition) is 6. The van der Waals surface area contributed by atoms with Gasteiger partial charge in [-0.25, -0.2) is 0 Å². The zero-order chi connectivity index (χ0) is 43.1. The summed E-state index contributed by atoms with van der Waals surface area (Å²) in [4.78, 5) is 12.9. The third kappa shape index (κ3) is 15.5. The van der Waals surface area contributed by atoms with Crippen LogP contribution in [-0.2, 0) is 4.79 Å². The molecule has 1 fully saturated rings. The van der Waals surface area contributed by atoms with Crippen molar-refractivity contribution in [2.45, 2.75) is 216 Å². The lowest BCUT2D eigenvalue weighted by Gasteiger charge is -2.51. The van der Waals surface area contributed by atoms with Gasteiger partial charge in [-0.3, -0.25) is 4.79 Å². The van der Waals surface area contributed by atoms with Gasteiger partial charge in [0.1, 0.15) is 5.60 Å². The Kier molecular flexibility index (Phi) is 23.5. The summed E-state index contributed by atoms with van der Waals surface area (Å²) < 4.78 is 0. The molecule has 0 aromatic heterocycles. The van der Waals surface area contributed by atoms with Crippen LogP contribution in [0.1, 0.15) is 180 Å². The zero-order valence-electron chi connectivity index (χ0n) is 38.5. The molecule has 17 atom stereocenters. The van der Waals surface area contributed by atoms with Crippen molar-refractivity contribution in [2.24, 2.45) is 64.6 Å². The lowest BCUT2D eigenvalue weighted by atomic mass is 9.54. The molecule has 1 rings (SSSR count). The molecule has 0 aromatic carbocycles. The standard InChI is InChI=1S/C49H92O7/c1-15-31(4)20-18-22-35(8)42(40(13)49(17-3)27-26-34(7)41(30-49)28-37(10)50)23-19-21-32(5)24-25-36(9)45(53)39(12)46(54)38(11)43(51)29-44(52)48(14,56)47(55)33(6)16-2/h24-25,31,33-43,45-47,50-51,53-56H,5,15-23,26-30H2,1-4,6-14H3/b25-24+. The summed E-state index contributed by atoms with van der Waals surface area (Å²) >= 11 is 0. The van der Waals surface area contributed by atoms with Crippen molar-refractivity contribution < 1.29 is 35.4 Å². The summed E-state index contributed by atoms with van der Waals surface area (Å²) in [6.07, 6.45) is 13.4. The number of carbonyl (C=O) groups excluding carboxylic acids is 1. The van der Waals surface area contributed by atoms with Crippen molar-refractivity contribution in [3.63, 3.8) is 0 Å². The van der Waals surface area contributed by atoms with E-state index >= 15 is 0 Å². The Bertz CT molecular complexity index is 1150. The molecular weight excluding hydrogens is 701 g/mol. The maximum absolute atomic E-state index is 12.9. The Balaban J connectivity index is 2.95. The van der Waals surface area contributed by atoms with Crippen LogP contribution < -0.4 is 0 Å². The fraction of sp³-hybridized carbons (Fsp3) is 0.898. The van der Waals surface area contributed by atoms with E-state index in [1.54, 1.807) is 20.8 Å². The second kappa shape index (κ2) is 24.9. The van der Waals surface area contributed by atoms with Gasteiger partial charge in [0.25, 0.3) is 0 Å². The first-order chi connectivity index (χ1) is 26.0. The van der Waals surface area contributed by atoms with Crippen LogP contribution >= 0.6 is 0 Å². The zero-order valence-corrected chi connectivity index (χ0v) is 38.5. The third-order valence-electron chi connectivity index (χ3n) is 15.5. The summed E-state index contributed by atoms with van der Waals surface area (Å²) in [7, 11) is 0. The minimum absolute atomic E-state index is 0.254. The number of ketones is 1. The molecule has 0 heterocycles. The second-order valence-electron chi connectivity index (χ2n) is 19.8. The summed E-state index contributed by atoms with van der Waals surface area (Å²) in [6.45, 7) is 31.0. The number of Topliss-reactive ketones (excluding diaryl/α,β-unsaturated/α-hetero) is 1. The highest BCUT2D eigenvalue weighted by molar-refractivity contribution is 5.87. The number of aliphatic hydroxyl groups is 6. The summed E-state index contributed by atoms with van der Waals surface area (Å²) in [5.74, 6) is 1.29. The van der Waals surface area contributed by atoms with Gasteiger partial charge in [0.15, 0.2) is 5.78 Å². The van der Waals surface area contributed by atoms with Gasteiger partial charge >= 0.3 is 0 Å². The number of rotatable bonds is 28. The first kappa shape index (κ1) is 52.9. The van der Waals surface area contributed by atoms with Crippen molar-refractivity contribution >= 4 is 5.78 Å². The number of hydrogen-bond acceptors (Lipinski definition) is 7. The van der Waals surface area contributed by atoms with Crippen LogP contribution in [0.15, 0.2) is 24.3 Å². The summed E-state index contributed by atoms with van der Waals surface area (Å²) in [5, 5.41) is 64.9. The lowest BCUT2D eigenvalue weighted by molar-refractivity contribution is -0.155. The van der Waals surface area contributed by atoms with Crippen LogP contribution in [0.2, 0.25) is 0 Å². The van der Waals surface area contributed by atoms with Crippen molar-refractivity contribution in [1.82, 2.24) is 0 Å². The monoisotopic (exact) mass is 793 g/mol. The van der Waals surface area contributed by atoms with E-state index in [0.29, 0.717) is 41.4 Å². The molecule has 56 heavy (non-hydrogen) atoms. The minimum atomic E-state index is -2.01. The fourth-order valence-corrected chi connectivity index (χ4v) is 10.0. The molecule has 6 N–H and O–H groups in total. The van der Waals surface area contributed by atoms with Crippen LogP contribution in [0.4, 0.5) is 0 Å². The molecule has 0 spiro atoms. The molecule has 1 saturated carbocycles. The highest BCUT2D eigenvalue weighted by atomic mass is 16.4. The average Bonchev–Trinajstić information content (AvgIpc) is 3.16. The molecule has 0 aliphatic heterocycles. The fourth-order valence-electron chi connectivity index (χ4n) is 10.0. The van der Waals surface area contributed by atoms with Gasteiger partial charge in [0.05, 0.1) is 30.5 Å². The number of allylic oxidation sites excluding steroid dienone is 2. The quantitative estimate of drug-likeness (QED) is 0.0434. The SMILES string of the molecule is C=C(/C=C/C(C)C(O)C(C)C(O)C(C)C(O)CC(=O)C(C)(O)C(O)C(C)CC)CCCC(C(C)CCCC(C)CC)C(C)C1(CC)CCC(C)C(CC(C)O)C1. The summed E-state index contributed by atoms with van der Waals surface area (Å²) in [6, 6.07) is 0. The van der Waals surface area contributed by atoms with Crippen LogP contribution in [0.25, 0.3) is 0 Å². The van der Waals surface area contributed by atoms with E-state index in [4.69, 9.17) is 0 Å². The highest BCUT2D eigenvalue weighted by Crippen LogP contribution is 2.54. The van der Waals surface area contributed by atoms with Crippen molar-refractivity contribution in [3.05, 3.63) is 24.3 Å². The normalized spacial score (nSPS) is 27.5.